The van der Waals surface area contributed by atoms with Crippen LogP contribution in [0.5, 0.6) is 11.5 Å². The van der Waals surface area contributed by atoms with E-state index in [0.717, 1.165) is 31.0 Å². The smallest absolute Gasteiger partial charge is 0.219 e. The lowest BCUT2D eigenvalue weighted by Gasteiger charge is -2.38. The summed E-state index contributed by atoms with van der Waals surface area (Å²) in [6, 6.07) is 12.9. The minimum atomic E-state index is 0.0723. The van der Waals surface area contributed by atoms with E-state index in [1.165, 1.54) is 22.3 Å². The van der Waals surface area contributed by atoms with Gasteiger partial charge in [0.1, 0.15) is 0 Å². The Bertz CT molecular complexity index is 835. The van der Waals surface area contributed by atoms with Gasteiger partial charge in [0.25, 0.3) is 0 Å². The number of rotatable bonds is 7. The lowest BCUT2D eigenvalue weighted by molar-refractivity contribution is -0.121. The molecule has 2 aromatic carbocycles. The molecule has 0 radical (unpaired) electrons. The van der Waals surface area contributed by atoms with Crippen LogP contribution < -0.4 is 14.8 Å². The van der Waals surface area contributed by atoms with Gasteiger partial charge in [-0.15, -0.1) is 0 Å². The molecule has 5 heteroatoms. The summed E-state index contributed by atoms with van der Waals surface area (Å²) in [6.45, 7) is 6.36. The molecule has 0 spiro atoms. The van der Waals surface area contributed by atoms with Crippen LogP contribution in [0.3, 0.4) is 0 Å². The summed E-state index contributed by atoms with van der Waals surface area (Å²) in [5, 5.41) is 3.08. The molecule has 1 atom stereocenters. The number of nitrogens with zero attached hydrogens (tertiary/aromatic N) is 1. The summed E-state index contributed by atoms with van der Waals surface area (Å²) in [5.74, 6) is 1.55. The first-order chi connectivity index (χ1) is 13.5. The van der Waals surface area contributed by atoms with E-state index >= 15 is 0 Å². The van der Waals surface area contributed by atoms with Crippen LogP contribution in [0.15, 0.2) is 36.4 Å². The highest BCUT2D eigenvalue weighted by molar-refractivity contribution is 5.75. The highest BCUT2D eigenvalue weighted by Crippen LogP contribution is 2.38. The molecule has 0 aliphatic carbocycles. The van der Waals surface area contributed by atoms with Gasteiger partial charge in [0, 0.05) is 26.1 Å². The van der Waals surface area contributed by atoms with Gasteiger partial charge in [-0.2, -0.15) is 0 Å². The molecule has 0 bridgehead atoms. The average molecular weight is 383 g/mol. The molecule has 28 heavy (non-hydrogen) atoms. The largest absolute Gasteiger partial charge is 0.493 e. The highest BCUT2D eigenvalue weighted by Gasteiger charge is 2.29. The number of hydrogen-bond acceptors (Lipinski definition) is 4. The molecule has 1 aliphatic heterocycles. The molecule has 0 unspecified atom stereocenters. The standard InChI is InChI=1S/C23H30N2O3/c1-5-23(26)24-14-20-19-13-22(28-4)21(27-3)12-18(19)9-10-25(20)15-17-8-6-7-16(2)11-17/h6-8,11-13,20H,5,9-10,14-15H2,1-4H3,(H,24,26)/t20-/m1/s1. The van der Waals surface area contributed by atoms with Gasteiger partial charge >= 0.3 is 0 Å². The van der Waals surface area contributed by atoms with Crippen LogP contribution in [0.1, 0.15) is 41.6 Å². The van der Waals surface area contributed by atoms with Crippen molar-refractivity contribution in [3.8, 4) is 11.5 Å². The minimum Gasteiger partial charge on any atom is -0.493 e. The molecule has 1 N–H and O–H groups in total. The zero-order chi connectivity index (χ0) is 20.1. The number of carbonyl (C=O) groups is 1. The molecule has 1 aliphatic rings. The predicted octanol–water partition coefficient (Wildman–Crippen LogP) is 3.64. The monoisotopic (exact) mass is 382 g/mol. The van der Waals surface area contributed by atoms with Crippen LogP contribution in [0, 0.1) is 6.92 Å². The van der Waals surface area contributed by atoms with E-state index in [4.69, 9.17) is 9.47 Å². The molecule has 2 aromatic rings. The second kappa shape index (κ2) is 9.11. The van der Waals surface area contributed by atoms with Gasteiger partial charge < -0.3 is 14.8 Å². The molecule has 3 rings (SSSR count). The third-order valence-electron chi connectivity index (χ3n) is 5.40. The number of amides is 1. The Kier molecular flexibility index (Phi) is 6.57. The van der Waals surface area contributed by atoms with Gasteiger partial charge in [-0.1, -0.05) is 36.8 Å². The van der Waals surface area contributed by atoms with Crippen molar-refractivity contribution >= 4 is 5.91 Å². The Morgan fingerprint density at radius 2 is 1.93 bits per heavy atom. The summed E-state index contributed by atoms with van der Waals surface area (Å²) in [6.07, 6.45) is 1.43. The summed E-state index contributed by atoms with van der Waals surface area (Å²) >= 11 is 0. The average Bonchev–Trinajstić information content (AvgIpc) is 2.71. The van der Waals surface area contributed by atoms with Crippen molar-refractivity contribution in [2.75, 3.05) is 27.3 Å². The fourth-order valence-corrected chi connectivity index (χ4v) is 3.89. The summed E-state index contributed by atoms with van der Waals surface area (Å²) in [7, 11) is 3.32. The predicted molar refractivity (Wildman–Crippen MR) is 111 cm³/mol. The van der Waals surface area contributed by atoms with Crippen molar-refractivity contribution in [3.63, 3.8) is 0 Å². The summed E-state index contributed by atoms with van der Waals surface area (Å²) in [4.78, 5) is 14.4. The van der Waals surface area contributed by atoms with Crippen LogP contribution in [0.2, 0.25) is 0 Å². The fraction of sp³-hybridized carbons (Fsp3) is 0.435. The van der Waals surface area contributed by atoms with Gasteiger partial charge in [0.2, 0.25) is 5.91 Å². The minimum absolute atomic E-state index is 0.0723. The number of carbonyl (C=O) groups excluding carboxylic acids is 1. The van der Waals surface area contributed by atoms with Crippen LogP contribution in [0.4, 0.5) is 0 Å². The summed E-state index contributed by atoms with van der Waals surface area (Å²) in [5.41, 5.74) is 5.01. The lowest BCUT2D eigenvalue weighted by atomic mass is 9.91. The van der Waals surface area contributed by atoms with Crippen molar-refractivity contribution in [3.05, 3.63) is 58.7 Å². The van der Waals surface area contributed by atoms with Crippen LogP contribution in [-0.2, 0) is 17.8 Å². The Labute approximate surface area is 167 Å². The Morgan fingerprint density at radius 1 is 1.18 bits per heavy atom. The highest BCUT2D eigenvalue weighted by atomic mass is 16.5. The van der Waals surface area contributed by atoms with Gasteiger partial charge in [-0.05, 0) is 42.2 Å². The van der Waals surface area contributed by atoms with Gasteiger partial charge in [-0.25, -0.2) is 0 Å². The molecule has 0 saturated heterocycles. The van der Waals surface area contributed by atoms with Crippen molar-refractivity contribution < 1.29 is 14.3 Å². The number of hydrogen-bond donors (Lipinski definition) is 1. The van der Waals surface area contributed by atoms with Crippen molar-refractivity contribution in [1.82, 2.24) is 10.2 Å². The lowest BCUT2D eigenvalue weighted by Crippen LogP contribution is -2.41. The van der Waals surface area contributed by atoms with E-state index in [9.17, 15) is 4.79 Å². The van der Waals surface area contributed by atoms with Gasteiger partial charge in [0.05, 0.1) is 20.3 Å². The Morgan fingerprint density at radius 3 is 2.61 bits per heavy atom. The van der Waals surface area contributed by atoms with Crippen molar-refractivity contribution in [2.24, 2.45) is 0 Å². The third-order valence-corrected chi connectivity index (χ3v) is 5.40. The van der Waals surface area contributed by atoms with Crippen molar-refractivity contribution in [2.45, 2.75) is 39.3 Å². The molecular weight excluding hydrogens is 352 g/mol. The Balaban J connectivity index is 1.93. The molecule has 0 saturated carbocycles. The van der Waals surface area contributed by atoms with E-state index in [1.807, 2.05) is 6.92 Å². The fourth-order valence-electron chi connectivity index (χ4n) is 3.89. The molecule has 1 heterocycles. The van der Waals surface area contributed by atoms with Gasteiger partial charge in [0.15, 0.2) is 11.5 Å². The van der Waals surface area contributed by atoms with Crippen molar-refractivity contribution in [1.29, 1.82) is 0 Å². The second-order valence-electron chi connectivity index (χ2n) is 7.29. The van der Waals surface area contributed by atoms with Crippen LogP contribution >= 0.6 is 0 Å². The molecule has 5 nitrogen and oxygen atoms in total. The SMILES string of the molecule is CCC(=O)NC[C@@H]1c2cc(OC)c(OC)cc2CCN1Cc1cccc(C)c1. The van der Waals surface area contributed by atoms with E-state index < -0.39 is 0 Å². The van der Waals surface area contributed by atoms with Crippen LogP contribution in [-0.4, -0.2) is 38.1 Å². The van der Waals surface area contributed by atoms with E-state index in [-0.39, 0.29) is 11.9 Å². The number of ether oxygens (including phenoxy) is 2. The molecule has 0 fully saturated rings. The molecule has 0 aromatic heterocycles. The maximum absolute atomic E-state index is 11.9. The summed E-state index contributed by atoms with van der Waals surface area (Å²) < 4.78 is 11.0. The number of benzene rings is 2. The first-order valence-corrected chi connectivity index (χ1v) is 9.86. The quantitative estimate of drug-likeness (QED) is 0.794. The first-order valence-electron chi connectivity index (χ1n) is 9.86. The van der Waals surface area contributed by atoms with Crippen LogP contribution in [0.25, 0.3) is 0 Å². The topological polar surface area (TPSA) is 50.8 Å². The first kappa shape index (κ1) is 20.2. The van der Waals surface area contributed by atoms with Gasteiger partial charge in [-0.3, -0.25) is 9.69 Å². The number of fused-ring (bicyclic) bond motifs is 1. The molecule has 150 valence electrons. The number of methoxy groups -OCH3 is 2. The number of nitrogens with one attached hydrogen (secondary N) is 1. The van der Waals surface area contributed by atoms with E-state index in [1.54, 1.807) is 14.2 Å². The molecular formula is C23H30N2O3. The number of aryl methyl sites for hydroxylation is 1. The zero-order valence-corrected chi connectivity index (χ0v) is 17.2. The van der Waals surface area contributed by atoms with E-state index in [0.29, 0.717) is 13.0 Å². The normalized spacial score (nSPS) is 16.4. The molecule has 1 amide bonds. The maximum Gasteiger partial charge on any atom is 0.219 e. The third kappa shape index (κ3) is 4.47. The Hall–Kier alpha value is -2.53. The van der Waals surface area contributed by atoms with E-state index in [2.05, 4.69) is 53.5 Å². The zero-order valence-electron chi connectivity index (χ0n) is 17.2. The second-order valence-corrected chi connectivity index (χ2v) is 7.29. The maximum atomic E-state index is 11.9.